The van der Waals surface area contributed by atoms with Crippen LogP contribution in [0.1, 0.15) is 33.1 Å². The van der Waals surface area contributed by atoms with Crippen molar-refractivity contribution in [1.82, 2.24) is 0 Å². The monoisotopic (exact) mass is 144 g/mol. The molecule has 2 heteroatoms. The first-order valence-corrected chi connectivity index (χ1v) is 4.07. The second-order valence-corrected chi connectivity index (χ2v) is 3.08. The van der Waals surface area contributed by atoms with E-state index >= 15 is 0 Å². The molecule has 0 radical (unpaired) electrons. The number of ether oxygens (including phenoxy) is 1. The van der Waals surface area contributed by atoms with E-state index in [9.17, 15) is 0 Å². The third-order valence-electron chi connectivity index (χ3n) is 2.20. The molecule has 3 atom stereocenters. The zero-order chi connectivity index (χ0) is 7.56. The van der Waals surface area contributed by atoms with Crippen molar-refractivity contribution in [2.24, 2.45) is 5.92 Å². The molecule has 0 bridgehead atoms. The van der Waals surface area contributed by atoms with Crippen molar-refractivity contribution in [3.05, 3.63) is 0 Å². The molecule has 1 fully saturated rings. The Morgan fingerprint density at radius 3 is 2.70 bits per heavy atom. The quantitative estimate of drug-likeness (QED) is 0.637. The van der Waals surface area contributed by atoms with Crippen LogP contribution < -0.4 is 0 Å². The highest BCUT2D eigenvalue weighted by Crippen LogP contribution is 2.28. The summed E-state index contributed by atoms with van der Waals surface area (Å²) in [5, 5.41) is 9.07. The van der Waals surface area contributed by atoms with Crippen LogP contribution in [0.2, 0.25) is 0 Å². The molecule has 2 nitrogen and oxygen atoms in total. The summed E-state index contributed by atoms with van der Waals surface area (Å²) >= 11 is 0. The van der Waals surface area contributed by atoms with Gasteiger partial charge in [-0.25, -0.2) is 0 Å². The van der Waals surface area contributed by atoms with E-state index in [1.54, 1.807) is 0 Å². The minimum atomic E-state index is -0.494. The molecule has 1 aliphatic heterocycles. The summed E-state index contributed by atoms with van der Waals surface area (Å²) in [6.07, 6.45) is 2.96. The molecule has 0 aromatic rings. The number of aliphatic hydroxyl groups excluding tert-OH is 1. The van der Waals surface area contributed by atoms with Crippen LogP contribution in [-0.2, 0) is 4.74 Å². The van der Waals surface area contributed by atoms with Crippen molar-refractivity contribution >= 4 is 0 Å². The van der Waals surface area contributed by atoms with Gasteiger partial charge in [0.15, 0.2) is 6.29 Å². The van der Waals surface area contributed by atoms with Gasteiger partial charge in [-0.15, -0.1) is 0 Å². The van der Waals surface area contributed by atoms with E-state index in [0.29, 0.717) is 5.92 Å². The second kappa shape index (κ2) is 3.35. The van der Waals surface area contributed by atoms with Gasteiger partial charge in [0.25, 0.3) is 0 Å². The van der Waals surface area contributed by atoms with Gasteiger partial charge in [-0.05, 0) is 19.3 Å². The minimum absolute atomic E-state index is 0.259. The molecule has 10 heavy (non-hydrogen) atoms. The maximum absolute atomic E-state index is 9.07. The third-order valence-corrected chi connectivity index (χ3v) is 2.20. The van der Waals surface area contributed by atoms with Gasteiger partial charge in [0, 0.05) is 6.42 Å². The van der Waals surface area contributed by atoms with Crippen molar-refractivity contribution in [3.63, 3.8) is 0 Å². The van der Waals surface area contributed by atoms with Crippen LogP contribution in [0, 0.1) is 5.92 Å². The highest BCUT2D eigenvalue weighted by molar-refractivity contribution is 4.73. The van der Waals surface area contributed by atoms with Gasteiger partial charge >= 0.3 is 0 Å². The number of hydrogen-bond donors (Lipinski definition) is 1. The van der Waals surface area contributed by atoms with E-state index < -0.39 is 6.29 Å². The fraction of sp³-hybridized carbons (Fsp3) is 1.00. The summed E-state index contributed by atoms with van der Waals surface area (Å²) < 4.78 is 5.18. The van der Waals surface area contributed by atoms with Gasteiger partial charge in [-0.1, -0.05) is 13.3 Å². The summed E-state index contributed by atoms with van der Waals surface area (Å²) in [4.78, 5) is 0. The Hall–Kier alpha value is -0.0800. The van der Waals surface area contributed by atoms with Gasteiger partial charge in [0.2, 0.25) is 0 Å². The topological polar surface area (TPSA) is 29.5 Å². The van der Waals surface area contributed by atoms with E-state index in [2.05, 4.69) is 6.92 Å². The van der Waals surface area contributed by atoms with Crippen LogP contribution in [0.15, 0.2) is 0 Å². The van der Waals surface area contributed by atoms with E-state index in [1.165, 1.54) is 12.8 Å². The Morgan fingerprint density at radius 1 is 1.60 bits per heavy atom. The average molecular weight is 144 g/mol. The lowest BCUT2D eigenvalue weighted by Gasteiger charge is -2.10. The van der Waals surface area contributed by atoms with Crippen molar-refractivity contribution in [2.45, 2.75) is 45.5 Å². The lowest BCUT2D eigenvalue weighted by Crippen LogP contribution is -2.10. The van der Waals surface area contributed by atoms with E-state index in [-0.39, 0.29) is 6.10 Å². The van der Waals surface area contributed by atoms with Crippen LogP contribution in [-0.4, -0.2) is 17.5 Å². The van der Waals surface area contributed by atoms with Crippen LogP contribution in [0.4, 0.5) is 0 Å². The Labute approximate surface area is 62.2 Å². The summed E-state index contributed by atoms with van der Waals surface area (Å²) in [7, 11) is 0. The molecule has 60 valence electrons. The number of hydrogen-bond acceptors (Lipinski definition) is 2. The summed E-state index contributed by atoms with van der Waals surface area (Å²) in [6.45, 7) is 4.20. The number of aliphatic hydroxyl groups is 1. The predicted molar refractivity (Wildman–Crippen MR) is 39.6 cm³/mol. The van der Waals surface area contributed by atoms with Crippen LogP contribution in [0.25, 0.3) is 0 Å². The molecule has 1 aliphatic rings. The summed E-state index contributed by atoms with van der Waals surface area (Å²) in [5.41, 5.74) is 0. The largest absolute Gasteiger partial charge is 0.368 e. The average Bonchev–Trinajstić information content (AvgIpc) is 2.13. The molecule has 0 aliphatic carbocycles. The maximum Gasteiger partial charge on any atom is 0.155 e. The molecule has 0 amide bonds. The SMILES string of the molecule is CCCC1C[C@H](O)OC1C. The van der Waals surface area contributed by atoms with E-state index in [4.69, 9.17) is 9.84 Å². The summed E-state index contributed by atoms with van der Waals surface area (Å²) in [5.74, 6) is 0.583. The highest BCUT2D eigenvalue weighted by Gasteiger charge is 2.29. The summed E-state index contributed by atoms with van der Waals surface area (Å²) in [6, 6.07) is 0. The first-order chi connectivity index (χ1) is 4.74. The minimum Gasteiger partial charge on any atom is -0.368 e. The molecular weight excluding hydrogens is 128 g/mol. The first-order valence-electron chi connectivity index (χ1n) is 4.07. The normalized spacial score (nSPS) is 40.5. The molecule has 0 aromatic heterocycles. The molecule has 0 spiro atoms. The lowest BCUT2D eigenvalue weighted by molar-refractivity contribution is -0.0866. The standard InChI is InChI=1S/C8H16O2/c1-3-4-7-5-8(9)10-6(7)2/h6-9H,3-5H2,1-2H3/t6?,7?,8-/m1/s1. The van der Waals surface area contributed by atoms with Gasteiger partial charge in [-0.2, -0.15) is 0 Å². The Morgan fingerprint density at radius 2 is 2.30 bits per heavy atom. The maximum atomic E-state index is 9.07. The van der Waals surface area contributed by atoms with Crippen molar-refractivity contribution < 1.29 is 9.84 Å². The van der Waals surface area contributed by atoms with E-state index in [0.717, 1.165) is 6.42 Å². The predicted octanol–water partition coefficient (Wildman–Crippen LogP) is 1.53. The smallest absolute Gasteiger partial charge is 0.155 e. The van der Waals surface area contributed by atoms with Gasteiger partial charge in [-0.3, -0.25) is 0 Å². The van der Waals surface area contributed by atoms with Crippen LogP contribution in [0.3, 0.4) is 0 Å². The molecule has 0 aromatic carbocycles. The van der Waals surface area contributed by atoms with Crippen LogP contribution in [0.5, 0.6) is 0 Å². The van der Waals surface area contributed by atoms with Gasteiger partial charge in [0.1, 0.15) is 0 Å². The molecular formula is C8H16O2. The molecule has 1 saturated heterocycles. The molecule has 0 saturated carbocycles. The molecule has 1 rings (SSSR count). The molecule has 1 heterocycles. The Balaban J connectivity index is 2.31. The lowest BCUT2D eigenvalue weighted by atomic mass is 9.97. The van der Waals surface area contributed by atoms with E-state index in [1.807, 2.05) is 6.92 Å². The fourth-order valence-corrected chi connectivity index (χ4v) is 1.59. The zero-order valence-corrected chi connectivity index (χ0v) is 6.71. The Bertz CT molecular complexity index is 103. The molecule has 2 unspecified atom stereocenters. The number of rotatable bonds is 2. The molecule has 1 N–H and O–H groups in total. The third kappa shape index (κ3) is 1.70. The van der Waals surface area contributed by atoms with Gasteiger partial charge in [0.05, 0.1) is 6.10 Å². The van der Waals surface area contributed by atoms with Crippen molar-refractivity contribution in [1.29, 1.82) is 0 Å². The second-order valence-electron chi connectivity index (χ2n) is 3.08. The van der Waals surface area contributed by atoms with Crippen molar-refractivity contribution in [2.75, 3.05) is 0 Å². The Kier molecular flexibility index (Phi) is 2.69. The zero-order valence-electron chi connectivity index (χ0n) is 6.71. The fourth-order valence-electron chi connectivity index (χ4n) is 1.59. The first kappa shape index (κ1) is 8.02. The highest BCUT2D eigenvalue weighted by atomic mass is 16.6. The van der Waals surface area contributed by atoms with Crippen LogP contribution >= 0.6 is 0 Å². The van der Waals surface area contributed by atoms with Crippen molar-refractivity contribution in [3.8, 4) is 0 Å². The van der Waals surface area contributed by atoms with Gasteiger partial charge < -0.3 is 9.84 Å².